The zero-order valence-corrected chi connectivity index (χ0v) is 15.7. The predicted octanol–water partition coefficient (Wildman–Crippen LogP) is 5.33. The zero-order valence-electron chi connectivity index (χ0n) is 14.1. The van der Waals surface area contributed by atoms with Crippen LogP contribution in [0, 0.1) is 5.82 Å². The average Bonchev–Trinajstić information content (AvgIpc) is 3.08. The highest BCUT2D eigenvalue weighted by molar-refractivity contribution is 7.18. The number of halogens is 2. The van der Waals surface area contributed by atoms with Crippen LogP contribution >= 0.6 is 22.9 Å². The fourth-order valence-electron chi connectivity index (χ4n) is 2.57. The maximum absolute atomic E-state index is 13.4. The lowest BCUT2D eigenvalue weighted by Gasteiger charge is -2.08. The Labute approximate surface area is 164 Å². The van der Waals surface area contributed by atoms with E-state index in [-0.39, 0.29) is 16.5 Å². The van der Waals surface area contributed by atoms with Crippen molar-refractivity contribution in [2.45, 2.75) is 6.42 Å². The molecule has 0 aliphatic rings. The summed E-state index contributed by atoms with van der Waals surface area (Å²) in [6.45, 7) is 0.473. The van der Waals surface area contributed by atoms with Gasteiger partial charge in [-0.15, -0.1) is 11.3 Å². The summed E-state index contributed by atoms with van der Waals surface area (Å²) in [6.07, 6.45) is 0.543. The summed E-state index contributed by atoms with van der Waals surface area (Å²) in [7, 11) is 0. The number of aliphatic hydroxyl groups excluding tert-OH is 1. The van der Waals surface area contributed by atoms with Crippen molar-refractivity contribution in [2.75, 3.05) is 13.2 Å². The van der Waals surface area contributed by atoms with E-state index in [0.717, 1.165) is 16.9 Å². The molecule has 0 bridgehead atoms. The molecule has 27 heavy (non-hydrogen) atoms. The standard InChI is InChI=1S/C20H16ClFO4S/c21-17-10-13(22)4-7-15(17)19-16(11-18(27-19)20(24)25)12-2-5-14(6-3-12)26-9-1-8-23/h2-7,10-11,23H,1,8-9H2,(H,24,25). The molecule has 3 rings (SSSR count). The van der Waals surface area contributed by atoms with E-state index in [1.54, 1.807) is 24.3 Å². The number of carboxylic acids is 1. The van der Waals surface area contributed by atoms with E-state index in [2.05, 4.69) is 0 Å². The fraction of sp³-hybridized carbons (Fsp3) is 0.150. The number of hydrogen-bond acceptors (Lipinski definition) is 4. The molecule has 0 atom stereocenters. The van der Waals surface area contributed by atoms with Crippen molar-refractivity contribution in [1.82, 2.24) is 0 Å². The van der Waals surface area contributed by atoms with Gasteiger partial charge in [-0.2, -0.15) is 0 Å². The van der Waals surface area contributed by atoms with Gasteiger partial charge in [-0.05, 0) is 42.0 Å². The topological polar surface area (TPSA) is 66.8 Å². The second-order valence-electron chi connectivity index (χ2n) is 5.73. The van der Waals surface area contributed by atoms with Crippen LogP contribution in [0.25, 0.3) is 21.6 Å². The molecule has 1 aromatic heterocycles. The Morgan fingerprint density at radius 3 is 2.48 bits per heavy atom. The van der Waals surface area contributed by atoms with E-state index in [4.69, 9.17) is 21.4 Å². The molecule has 4 nitrogen and oxygen atoms in total. The SMILES string of the molecule is O=C(O)c1cc(-c2ccc(OCCCO)cc2)c(-c2ccc(F)cc2Cl)s1. The first kappa shape index (κ1) is 19.4. The van der Waals surface area contributed by atoms with Gasteiger partial charge in [0.25, 0.3) is 0 Å². The van der Waals surface area contributed by atoms with E-state index in [1.165, 1.54) is 12.1 Å². The van der Waals surface area contributed by atoms with Gasteiger partial charge in [-0.3, -0.25) is 0 Å². The number of rotatable bonds is 7. The number of thiophene rings is 1. The molecule has 0 unspecified atom stereocenters. The van der Waals surface area contributed by atoms with Gasteiger partial charge in [0.1, 0.15) is 16.4 Å². The van der Waals surface area contributed by atoms with Gasteiger partial charge in [-0.25, -0.2) is 9.18 Å². The van der Waals surface area contributed by atoms with Crippen LogP contribution in [0.1, 0.15) is 16.1 Å². The van der Waals surface area contributed by atoms with Crippen LogP contribution in [-0.2, 0) is 0 Å². The lowest BCUT2D eigenvalue weighted by Crippen LogP contribution is -1.99. The van der Waals surface area contributed by atoms with Crippen LogP contribution in [0.5, 0.6) is 5.75 Å². The number of carbonyl (C=O) groups is 1. The number of carboxylic acid groups (broad SMARTS) is 1. The maximum Gasteiger partial charge on any atom is 0.345 e. The van der Waals surface area contributed by atoms with Crippen LogP contribution in [0.15, 0.2) is 48.5 Å². The molecule has 0 aliphatic carbocycles. The Kier molecular flexibility index (Phi) is 6.11. The predicted molar refractivity (Wildman–Crippen MR) is 104 cm³/mol. The minimum absolute atomic E-state index is 0.0622. The van der Waals surface area contributed by atoms with Crippen LogP contribution in [0.4, 0.5) is 4.39 Å². The van der Waals surface area contributed by atoms with Gasteiger partial charge in [0.05, 0.1) is 11.6 Å². The molecule has 0 saturated heterocycles. The Balaban J connectivity index is 2.00. The van der Waals surface area contributed by atoms with Crippen LogP contribution in [0.3, 0.4) is 0 Å². The van der Waals surface area contributed by atoms with E-state index < -0.39 is 11.8 Å². The quantitative estimate of drug-likeness (QED) is 0.520. The maximum atomic E-state index is 13.4. The first-order chi connectivity index (χ1) is 13.0. The van der Waals surface area contributed by atoms with Gasteiger partial charge in [0.15, 0.2) is 0 Å². The number of aromatic carboxylic acids is 1. The minimum Gasteiger partial charge on any atom is -0.494 e. The van der Waals surface area contributed by atoms with Gasteiger partial charge in [-0.1, -0.05) is 23.7 Å². The Morgan fingerprint density at radius 2 is 1.85 bits per heavy atom. The second-order valence-corrected chi connectivity index (χ2v) is 7.19. The smallest absolute Gasteiger partial charge is 0.345 e. The molecule has 2 aromatic carbocycles. The molecule has 7 heteroatoms. The van der Waals surface area contributed by atoms with Crippen molar-refractivity contribution in [3.8, 4) is 27.3 Å². The Morgan fingerprint density at radius 1 is 1.11 bits per heavy atom. The normalized spacial score (nSPS) is 10.8. The van der Waals surface area contributed by atoms with Gasteiger partial charge >= 0.3 is 5.97 Å². The van der Waals surface area contributed by atoms with Crippen molar-refractivity contribution in [3.05, 3.63) is 64.2 Å². The summed E-state index contributed by atoms with van der Waals surface area (Å²) in [6, 6.07) is 12.8. The van der Waals surface area contributed by atoms with E-state index in [9.17, 15) is 14.3 Å². The lowest BCUT2D eigenvalue weighted by atomic mass is 10.0. The molecule has 0 saturated carbocycles. The zero-order chi connectivity index (χ0) is 19.4. The molecule has 2 N–H and O–H groups in total. The summed E-state index contributed by atoms with van der Waals surface area (Å²) in [5.41, 5.74) is 2.07. The summed E-state index contributed by atoms with van der Waals surface area (Å²) in [5, 5.41) is 18.4. The molecule has 0 spiro atoms. The fourth-order valence-corrected chi connectivity index (χ4v) is 3.95. The Bertz CT molecular complexity index is 953. The molecule has 0 fully saturated rings. The molecular formula is C20H16ClFO4S. The molecule has 3 aromatic rings. The highest BCUT2D eigenvalue weighted by atomic mass is 35.5. The van der Waals surface area contributed by atoms with E-state index >= 15 is 0 Å². The molecule has 0 aliphatic heterocycles. The summed E-state index contributed by atoms with van der Waals surface area (Å²) < 4.78 is 18.9. The third-order valence-corrected chi connectivity index (χ3v) is 5.32. The first-order valence-corrected chi connectivity index (χ1v) is 9.35. The van der Waals surface area contributed by atoms with E-state index in [0.29, 0.717) is 34.8 Å². The minimum atomic E-state index is -1.03. The number of aliphatic hydroxyl groups is 1. The van der Waals surface area contributed by atoms with Gasteiger partial charge < -0.3 is 14.9 Å². The first-order valence-electron chi connectivity index (χ1n) is 8.16. The third-order valence-electron chi connectivity index (χ3n) is 3.86. The molecule has 1 heterocycles. The molecular weight excluding hydrogens is 391 g/mol. The largest absolute Gasteiger partial charge is 0.494 e. The Hall–Kier alpha value is -2.41. The summed E-state index contributed by atoms with van der Waals surface area (Å²) in [4.78, 5) is 12.3. The summed E-state index contributed by atoms with van der Waals surface area (Å²) >= 11 is 7.28. The van der Waals surface area contributed by atoms with Gasteiger partial charge in [0, 0.05) is 29.0 Å². The third kappa shape index (κ3) is 4.47. The lowest BCUT2D eigenvalue weighted by molar-refractivity contribution is 0.0702. The average molecular weight is 407 g/mol. The van der Waals surface area contributed by atoms with Crippen molar-refractivity contribution in [1.29, 1.82) is 0 Å². The van der Waals surface area contributed by atoms with Crippen molar-refractivity contribution >= 4 is 28.9 Å². The highest BCUT2D eigenvalue weighted by Gasteiger charge is 2.18. The summed E-state index contributed by atoms with van der Waals surface area (Å²) in [5.74, 6) is -0.832. The monoisotopic (exact) mass is 406 g/mol. The van der Waals surface area contributed by atoms with Crippen LogP contribution in [-0.4, -0.2) is 29.4 Å². The number of hydrogen-bond donors (Lipinski definition) is 2. The van der Waals surface area contributed by atoms with E-state index in [1.807, 2.05) is 12.1 Å². The number of ether oxygens (including phenoxy) is 1. The second kappa shape index (κ2) is 8.52. The van der Waals surface area contributed by atoms with Crippen molar-refractivity contribution in [2.24, 2.45) is 0 Å². The number of benzene rings is 2. The van der Waals surface area contributed by atoms with Gasteiger partial charge in [0.2, 0.25) is 0 Å². The highest BCUT2D eigenvalue weighted by Crippen LogP contribution is 2.42. The molecule has 140 valence electrons. The molecule has 0 amide bonds. The van der Waals surface area contributed by atoms with Crippen LogP contribution < -0.4 is 4.74 Å². The molecule has 0 radical (unpaired) electrons. The van der Waals surface area contributed by atoms with Crippen LogP contribution in [0.2, 0.25) is 5.02 Å². The van der Waals surface area contributed by atoms with Crippen molar-refractivity contribution in [3.63, 3.8) is 0 Å². The van der Waals surface area contributed by atoms with Crippen molar-refractivity contribution < 1.29 is 24.1 Å².